The maximum Gasteiger partial charge on any atom is 0.131 e. The van der Waals surface area contributed by atoms with Gasteiger partial charge in [0.05, 0.1) is 0 Å². The molecular formula is C17H20N2O. The van der Waals surface area contributed by atoms with Crippen LogP contribution in [0.2, 0.25) is 0 Å². The third-order valence-electron chi connectivity index (χ3n) is 3.50. The van der Waals surface area contributed by atoms with Crippen molar-refractivity contribution in [1.82, 2.24) is 10.6 Å². The van der Waals surface area contributed by atoms with Crippen LogP contribution in [-0.4, -0.2) is 13.1 Å². The summed E-state index contributed by atoms with van der Waals surface area (Å²) in [5, 5.41) is 6.93. The monoisotopic (exact) mass is 268 g/mol. The molecule has 1 heterocycles. The number of nitrogens with one attached hydrogen (secondary N) is 2. The molecule has 0 radical (unpaired) electrons. The first-order valence-electron chi connectivity index (χ1n) is 7.18. The molecule has 0 atom stereocenters. The SMILES string of the molecule is c1ccc2c(c1)CNCCCNCc1ccccc1O2. The van der Waals surface area contributed by atoms with Crippen LogP contribution in [0.15, 0.2) is 48.5 Å². The lowest BCUT2D eigenvalue weighted by Crippen LogP contribution is -2.22. The van der Waals surface area contributed by atoms with Crippen molar-refractivity contribution >= 4 is 0 Å². The summed E-state index contributed by atoms with van der Waals surface area (Å²) in [7, 11) is 0. The summed E-state index contributed by atoms with van der Waals surface area (Å²) in [6.45, 7) is 3.72. The molecule has 0 spiro atoms. The summed E-state index contributed by atoms with van der Waals surface area (Å²) in [5.74, 6) is 1.88. The molecular weight excluding hydrogens is 248 g/mol. The molecule has 2 aromatic rings. The molecule has 1 aliphatic heterocycles. The fourth-order valence-corrected chi connectivity index (χ4v) is 2.40. The fourth-order valence-electron chi connectivity index (χ4n) is 2.40. The lowest BCUT2D eigenvalue weighted by molar-refractivity contribution is 0.459. The number of hydrogen-bond acceptors (Lipinski definition) is 3. The molecule has 0 amide bonds. The van der Waals surface area contributed by atoms with E-state index in [1.54, 1.807) is 0 Å². The normalized spacial score (nSPS) is 16.0. The van der Waals surface area contributed by atoms with Gasteiger partial charge in [0, 0.05) is 24.2 Å². The van der Waals surface area contributed by atoms with Crippen LogP contribution < -0.4 is 15.4 Å². The molecule has 0 saturated carbocycles. The maximum absolute atomic E-state index is 6.13. The van der Waals surface area contributed by atoms with Gasteiger partial charge in [-0.25, -0.2) is 0 Å². The topological polar surface area (TPSA) is 33.3 Å². The summed E-state index contributed by atoms with van der Waals surface area (Å²) in [4.78, 5) is 0. The maximum atomic E-state index is 6.13. The fraction of sp³-hybridized carbons (Fsp3) is 0.294. The lowest BCUT2D eigenvalue weighted by atomic mass is 10.1. The Morgan fingerprint density at radius 2 is 1.20 bits per heavy atom. The van der Waals surface area contributed by atoms with Crippen LogP contribution in [0.4, 0.5) is 0 Å². The van der Waals surface area contributed by atoms with E-state index in [2.05, 4.69) is 34.9 Å². The van der Waals surface area contributed by atoms with E-state index >= 15 is 0 Å². The first-order chi connectivity index (χ1) is 9.93. The van der Waals surface area contributed by atoms with E-state index in [1.807, 2.05) is 24.3 Å². The minimum absolute atomic E-state index is 0.846. The Morgan fingerprint density at radius 3 is 1.75 bits per heavy atom. The average Bonchev–Trinajstić information content (AvgIpc) is 2.48. The zero-order valence-corrected chi connectivity index (χ0v) is 11.6. The Bertz CT molecular complexity index is 519. The molecule has 20 heavy (non-hydrogen) atoms. The van der Waals surface area contributed by atoms with E-state index in [-0.39, 0.29) is 0 Å². The smallest absolute Gasteiger partial charge is 0.131 e. The molecule has 3 heteroatoms. The van der Waals surface area contributed by atoms with Crippen LogP contribution in [0.25, 0.3) is 0 Å². The van der Waals surface area contributed by atoms with Crippen LogP contribution in [0.3, 0.4) is 0 Å². The first-order valence-corrected chi connectivity index (χ1v) is 7.18. The lowest BCUT2D eigenvalue weighted by Gasteiger charge is -2.16. The number of hydrogen-bond donors (Lipinski definition) is 2. The molecule has 0 unspecified atom stereocenters. The van der Waals surface area contributed by atoms with Gasteiger partial charge in [0.2, 0.25) is 0 Å². The predicted octanol–water partition coefficient (Wildman–Crippen LogP) is 3.06. The molecule has 3 rings (SSSR count). The summed E-state index contributed by atoms with van der Waals surface area (Å²) in [6.07, 6.45) is 1.13. The van der Waals surface area contributed by atoms with Gasteiger partial charge in [-0.05, 0) is 31.6 Å². The Labute approximate surface area is 120 Å². The highest BCUT2D eigenvalue weighted by atomic mass is 16.5. The average molecular weight is 268 g/mol. The highest BCUT2D eigenvalue weighted by molar-refractivity contribution is 5.41. The van der Waals surface area contributed by atoms with Gasteiger partial charge < -0.3 is 15.4 Å². The minimum atomic E-state index is 0.846. The molecule has 0 fully saturated rings. The van der Waals surface area contributed by atoms with E-state index in [0.717, 1.165) is 44.1 Å². The van der Waals surface area contributed by atoms with Crippen molar-refractivity contribution in [3.8, 4) is 11.5 Å². The van der Waals surface area contributed by atoms with Gasteiger partial charge in [0.1, 0.15) is 11.5 Å². The van der Waals surface area contributed by atoms with Crippen molar-refractivity contribution in [3.63, 3.8) is 0 Å². The van der Waals surface area contributed by atoms with Crippen LogP contribution >= 0.6 is 0 Å². The molecule has 0 aliphatic carbocycles. The first kappa shape index (κ1) is 13.2. The minimum Gasteiger partial charge on any atom is -0.457 e. The molecule has 0 bridgehead atoms. The molecule has 0 saturated heterocycles. The third-order valence-corrected chi connectivity index (χ3v) is 3.50. The van der Waals surface area contributed by atoms with Gasteiger partial charge >= 0.3 is 0 Å². The van der Waals surface area contributed by atoms with E-state index < -0.39 is 0 Å². The van der Waals surface area contributed by atoms with E-state index in [4.69, 9.17) is 4.74 Å². The molecule has 1 aliphatic rings. The number of ether oxygens (including phenoxy) is 1. The quantitative estimate of drug-likeness (QED) is 0.770. The standard InChI is InChI=1S/C17H20N2O/c1-3-8-16-14(6-1)12-18-10-5-11-19-13-15-7-2-4-9-17(15)20-16/h1-4,6-9,18-19H,5,10-13H2. The Hall–Kier alpha value is -1.84. The summed E-state index contributed by atoms with van der Waals surface area (Å²) >= 11 is 0. The van der Waals surface area contributed by atoms with Crippen LogP contribution in [0.1, 0.15) is 17.5 Å². The molecule has 2 N–H and O–H groups in total. The van der Waals surface area contributed by atoms with Crippen molar-refractivity contribution in [2.45, 2.75) is 19.5 Å². The van der Waals surface area contributed by atoms with E-state index in [0.29, 0.717) is 0 Å². The number of rotatable bonds is 0. The Kier molecular flexibility index (Phi) is 4.31. The van der Waals surface area contributed by atoms with Crippen molar-refractivity contribution in [2.75, 3.05) is 13.1 Å². The zero-order chi connectivity index (χ0) is 13.6. The number of para-hydroxylation sites is 2. The van der Waals surface area contributed by atoms with Crippen molar-refractivity contribution in [2.24, 2.45) is 0 Å². The van der Waals surface area contributed by atoms with Gasteiger partial charge in [-0.2, -0.15) is 0 Å². The van der Waals surface area contributed by atoms with Gasteiger partial charge in [0.15, 0.2) is 0 Å². The van der Waals surface area contributed by atoms with E-state index in [9.17, 15) is 0 Å². The van der Waals surface area contributed by atoms with Crippen LogP contribution in [-0.2, 0) is 13.1 Å². The summed E-state index contributed by atoms with van der Waals surface area (Å²) < 4.78 is 6.13. The van der Waals surface area contributed by atoms with Crippen molar-refractivity contribution in [1.29, 1.82) is 0 Å². The van der Waals surface area contributed by atoms with Crippen molar-refractivity contribution < 1.29 is 4.74 Å². The largest absolute Gasteiger partial charge is 0.457 e. The predicted molar refractivity (Wildman–Crippen MR) is 81.0 cm³/mol. The Morgan fingerprint density at radius 1 is 0.700 bits per heavy atom. The summed E-state index contributed by atoms with van der Waals surface area (Å²) in [6, 6.07) is 16.5. The van der Waals surface area contributed by atoms with Crippen LogP contribution in [0.5, 0.6) is 11.5 Å². The summed E-state index contributed by atoms with van der Waals surface area (Å²) in [5.41, 5.74) is 2.41. The molecule has 3 nitrogen and oxygen atoms in total. The highest BCUT2D eigenvalue weighted by Crippen LogP contribution is 2.28. The van der Waals surface area contributed by atoms with Gasteiger partial charge in [-0.15, -0.1) is 0 Å². The second-order valence-electron chi connectivity index (χ2n) is 5.02. The molecule has 0 aromatic heterocycles. The highest BCUT2D eigenvalue weighted by Gasteiger charge is 2.08. The van der Waals surface area contributed by atoms with Crippen molar-refractivity contribution in [3.05, 3.63) is 59.7 Å². The Balaban J connectivity index is 1.93. The molecule has 2 aromatic carbocycles. The second-order valence-corrected chi connectivity index (χ2v) is 5.02. The van der Waals surface area contributed by atoms with Gasteiger partial charge in [-0.3, -0.25) is 0 Å². The van der Waals surface area contributed by atoms with E-state index in [1.165, 1.54) is 11.1 Å². The molecule has 104 valence electrons. The number of benzene rings is 2. The van der Waals surface area contributed by atoms with Gasteiger partial charge in [-0.1, -0.05) is 36.4 Å². The van der Waals surface area contributed by atoms with Gasteiger partial charge in [0.25, 0.3) is 0 Å². The number of fused-ring (bicyclic) bond motifs is 2. The second kappa shape index (κ2) is 6.55. The zero-order valence-electron chi connectivity index (χ0n) is 11.6. The van der Waals surface area contributed by atoms with Crippen LogP contribution in [0, 0.1) is 0 Å². The third kappa shape index (κ3) is 3.18.